The van der Waals surface area contributed by atoms with Crippen molar-refractivity contribution < 1.29 is 29.6 Å². The Morgan fingerprint density at radius 2 is 2.11 bits per heavy atom. The largest absolute Gasteiger partial charge is 0.394 e. The minimum absolute atomic E-state index is 0.0800. The van der Waals surface area contributed by atoms with Gasteiger partial charge in [-0.2, -0.15) is 0 Å². The van der Waals surface area contributed by atoms with Crippen LogP contribution < -0.4 is 5.32 Å². The summed E-state index contributed by atoms with van der Waals surface area (Å²) in [6.45, 7) is 1.10. The number of carbonyl (C=O) groups excluding carboxylic acids is 2. The molecule has 2 fully saturated rings. The van der Waals surface area contributed by atoms with E-state index in [-0.39, 0.29) is 13.0 Å². The van der Waals surface area contributed by atoms with E-state index in [1.807, 2.05) is 0 Å². The monoisotopic (exact) mass is 260 g/mol. The number of aliphatic hydroxyl groups is 3. The van der Waals surface area contributed by atoms with E-state index in [9.17, 15) is 19.8 Å². The van der Waals surface area contributed by atoms with Gasteiger partial charge >= 0.3 is 6.03 Å². The van der Waals surface area contributed by atoms with Crippen molar-refractivity contribution >= 4 is 11.9 Å². The van der Waals surface area contributed by atoms with E-state index in [2.05, 4.69) is 5.32 Å². The third-order valence-electron chi connectivity index (χ3n) is 3.30. The molecule has 4 N–H and O–H groups in total. The fourth-order valence-electron chi connectivity index (χ4n) is 2.13. The molecule has 8 heteroatoms. The normalized spacial score (nSPS) is 41.1. The Hall–Kier alpha value is -1.22. The number of nitrogens with one attached hydrogen (secondary N) is 1. The molecule has 3 unspecified atom stereocenters. The highest BCUT2D eigenvalue weighted by molar-refractivity contribution is 5.98. The molecule has 2 aliphatic rings. The predicted octanol–water partition coefficient (Wildman–Crippen LogP) is -2.04. The summed E-state index contributed by atoms with van der Waals surface area (Å²) in [5, 5.41) is 30.5. The lowest BCUT2D eigenvalue weighted by atomic mass is 10.1. The van der Waals surface area contributed by atoms with Gasteiger partial charge in [0.15, 0.2) is 0 Å². The van der Waals surface area contributed by atoms with Crippen LogP contribution in [0.4, 0.5) is 4.79 Å². The number of aliphatic hydroxyl groups excluding tert-OH is 3. The summed E-state index contributed by atoms with van der Waals surface area (Å²) in [4.78, 5) is 23.9. The van der Waals surface area contributed by atoms with E-state index in [1.54, 1.807) is 0 Å². The van der Waals surface area contributed by atoms with Crippen LogP contribution in [0, 0.1) is 5.92 Å². The van der Waals surface area contributed by atoms with Crippen LogP contribution in [0.1, 0.15) is 13.3 Å². The molecule has 5 atom stereocenters. The van der Waals surface area contributed by atoms with Gasteiger partial charge in [-0.1, -0.05) is 0 Å². The van der Waals surface area contributed by atoms with Crippen LogP contribution in [-0.4, -0.2) is 63.4 Å². The molecule has 2 aliphatic heterocycles. The van der Waals surface area contributed by atoms with Gasteiger partial charge in [-0.15, -0.1) is 0 Å². The summed E-state index contributed by atoms with van der Waals surface area (Å²) < 4.78 is 5.28. The van der Waals surface area contributed by atoms with Gasteiger partial charge in [0.05, 0.1) is 18.6 Å². The number of nitrogens with zero attached hydrogens (tertiary/aromatic N) is 1. The van der Waals surface area contributed by atoms with Crippen LogP contribution in [0.25, 0.3) is 0 Å². The molecular weight excluding hydrogens is 244 g/mol. The zero-order chi connectivity index (χ0) is 13.4. The third kappa shape index (κ3) is 2.07. The van der Waals surface area contributed by atoms with Gasteiger partial charge in [0, 0.05) is 6.42 Å². The van der Waals surface area contributed by atoms with Gasteiger partial charge in [0.25, 0.3) is 0 Å². The molecule has 18 heavy (non-hydrogen) atoms. The Morgan fingerprint density at radius 1 is 1.44 bits per heavy atom. The number of imide groups is 1. The Kier molecular flexibility index (Phi) is 3.53. The maximum atomic E-state index is 11.7. The summed E-state index contributed by atoms with van der Waals surface area (Å²) in [7, 11) is 0. The molecule has 0 saturated carbocycles. The fraction of sp³-hybridized carbons (Fsp3) is 0.800. The van der Waals surface area contributed by atoms with Crippen molar-refractivity contribution in [2.75, 3.05) is 6.61 Å². The van der Waals surface area contributed by atoms with Crippen molar-refractivity contribution in [3.63, 3.8) is 0 Å². The van der Waals surface area contributed by atoms with Crippen LogP contribution >= 0.6 is 0 Å². The minimum Gasteiger partial charge on any atom is -0.394 e. The maximum Gasteiger partial charge on any atom is 0.328 e. The molecule has 0 radical (unpaired) electrons. The SMILES string of the molecule is CC1C(=O)NC(=O)N([C@H]2CC(O)[C@@H](CO)O2)C1O. The van der Waals surface area contributed by atoms with Gasteiger partial charge in [0.1, 0.15) is 18.6 Å². The van der Waals surface area contributed by atoms with Gasteiger partial charge in [-0.25, -0.2) is 4.79 Å². The lowest BCUT2D eigenvalue weighted by Crippen LogP contribution is -2.62. The van der Waals surface area contributed by atoms with Crippen molar-refractivity contribution in [1.82, 2.24) is 10.2 Å². The van der Waals surface area contributed by atoms with Crippen LogP contribution in [0.2, 0.25) is 0 Å². The van der Waals surface area contributed by atoms with E-state index in [1.165, 1.54) is 6.92 Å². The smallest absolute Gasteiger partial charge is 0.328 e. The molecule has 2 rings (SSSR count). The number of urea groups is 1. The molecule has 102 valence electrons. The highest BCUT2D eigenvalue weighted by atomic mass is 16.5. The van der Waals surface area contributed by atoms with Crippen molar-refractivity contribution in [3.05, 3.63) is 0 Å². The van der Waals surface area contributed by atoms with Gasteiger partial charge in [-0.3, -0.25) is 15.0 Å². The van der Waals surface area contributed by atoms with Crippen LogP contribution in [0.5, 0.6) is 0 Å². The number of amides is 3. The van der Waals surface area contributed by atoms with E-state index in [0.29, 0.717) is 0 Å². The zero-order valence-electron chi connectivity index (χ0n) is 9.81. The predicted molar refractivity (Wildman–Crippen MR) is 56.9 cm³/mol. The van der Waals surface area contributed by atoms with E-state index < -0.39 is 42.5 Å². The quantitative estimate of drug-likeness (QED) is 0.454. The molecule has 8 nitrogen and oxygen atoms in total. The standard InChI is InChI=1S/C10H16N2O6/c1-4-8(15)11-10(17)12(9(4)16)7-2-5(14)6(3-13)18-7/h4-7,9,13-14,16H,2-3H2,1H3,(H,11,15,17)/t4?,5?,6-,7-,9?/m1/s1. The second-order valence-corrected chi connectivity index (χ2v) is 4.52. The van der Waals surface area contributed by atoms with Crippen LogP contribution in [0.3, 0.4) is 0 Å². The lowest BCUT2D eigenvalue weighted by molar-refractivity contribution is -0.153. The molecule has 0 aliphatic carbocycles. The molecule has 3 amide bonds. The van der Waals surface area contributed by atoms with Gasteiger partial charge in [0.2, 0.25) is 5.91 Å². The second kappa shape index (κ2) is 4.81. The number of hydrogen-bond donors (Lipinski definition) is 4. The summed E-state index contributed by atoms with van der Waals surface area (Å²) in [6.07, 6.45) is -3.78. The van der Waals surface area contributed by atoms with E-state index >= 15 is 0 Å². The topological polar surface area (TPSA) is 119 Å². The maximum absolute atomic E-state index is 11.7. The molecular formula is C10H16N2O6. The first-order valence-corrected chi connectivity index (χ1v) is 5.71. The van der Waals surface area contributed by atoms with Crippen molar-refractivity contribution in [1.29, 1.82) is 0 Å². The summed E-state index contributed by atoms with van der Waals surface area (Å²) in [5.74, 6) is -1.34. The molecule has 0 aromatic heterocycles. The summed E-state index contributed by atoms with van der Waals surface area (Å²) in [5.41, 5.74) is 0. The Labute approximate surface area is 103 Å². The Bertz CT molecular complexity index is 362. The Morgan fingerprint density at radius 3 is 2.67 bits per heavy atom. The van der Waals surface area contributed by atoms with E-state index in [4.69, 9.17) is 9.84 Å². The molecule has 0 spiro atoms. The molecule has 2 heterocycles. The number of ether oxygens (including phenoxy) is 1. The number of hydrogen-bond acceptors (Lipinski definition) is 6. The average Bonchev–Trinajstić information content (AvgIpc) is 2.67. The van der Waals surface area contributed by atoms with Gasteiger partial charge in [-0.05, 0) is 6.92 Å². The molecule has 0 bridgehead atoms. The van der Waals surface area contributed by atoms with Crippen LogP contribution in [-0.2, 0) is 9.53 Å². The fourth-order valence-corrected chi connectivity index (χ4v) is 2.13. The highest BCUT2D eigenvalue weighted by Gasteiger charge is 2.46. The second-order valence-electron chi connectivity index (χ2n) is 4.52. The lowest BCUT2D eigenvalue weighted by Gasteiger charge is -2.38. The highest BCUT2D eigenvalue weighted by Crippen LogP contribution is 2.27. The number of carbonyl (C=O) groups is 2. The van der Waals surface area contributed by atoms with Crippen molar-refractivity contribution in [3.8, 4) is 0 Å². The van der Waals surface area contributed by atoms with Crippen LogP contribution in [0.15, 0.2) is 0 Å². The first-order chi connectivity index (χ1) is 8.45. The van der Waals surface area contributed by atoms with Gasteiger partial charge < -0.3 is 20.1 Å². The number of rotatable bonds is 2. The van der Waals surface area contributed by atoms with E-state index in [0.717, 1.165) is 4.90 Å². The molecule has 0 aromatic carbocycles. The van der Waals surface area contributed by atoms with Crippen molar-refractivity contribution in [2.24, 2.45) is 5.92 Å². The first-order valence-electron chi connectivity index (χ1n) is 5.71. The third-order valence-corrected chi connectivity index (χ3v) is 3.30. The molecule has 2 saturated heterocycles. The minimum atomic E-state index is -1.30. The summed E-state index contributed by atoms with van der Waals surface area (Å²) in [6, 6.07) is -0.763. The molecule has 0 aromatic rings. The average molecular weight is 260 g/mol. The zero-order valence-corrected chi connectivity index (χ0v) is 9.81. The Balaban J connectivity index is 2.13. The van der Waals surface area contributed by atoms with Crippen molar-refractivity contribution in [2.45, 2.75) is 38.0 Å². The first kappa shape index (κ1) is 13.2. The summed E-state index contributed by atoms with van der Waals surface area (Å²) >= 11 is 0.